The molecular formula is C31H29N5O5S. The summed E-state index contributed by atoms with van der Waals surface area (Å²) in [7, 11) is 3.16. The first-order chi connectivity index (χ1) is 20.1. The van der Waals surface area contributed by atoms with Gasteiger partial charge in [0.25, 0.3) is 5.91 Å². The van der Waals surface area contributed by atoms with Crippen LogP contribution in [0.25, 0.3) is 21.7 Å². The van der Waals surface area contributed by atoms with Crippen LogP contribution >= 0.6 is 11.3 Å². The normalized spacial score (nSPS) is 11.2. The SMILES string of the molecule is COc1ccc(Nc2nc(-c3cccc(C(=O)Nc4ccc(C(=O)OC(C)(C)C)cc4)c3)nc3scnc23)cc1OC. The van der Waals surface area contributed by atoms with Crippen LogP contribution in [0.4, 0.5) is 17.2 Å². The smallest absolute Gasteiger partial charge is 0.338 e. The summed E-state index contributed by atoms with van der Waals surface area (Å²) in [5.74, 6) is 1.40. The fourth-order valence-corrected chi connectivity index (χ4v) is 4.72. The number of benzene rings is 3. The first-order valence-corrected chi connectivity index (χ1v) is 13.9. The van der Waals surface area contributed by atoms with E-state index in [1.807, 2.05) is 39.0 Å². The maximum Gasteiger partial charge on any atom is 0.338 e. The Balaban J connectivity index is 1.37. The van der Waals surface area contributed by atoms with Crippen LogP contribution in [-0.2, 0) is 4.74 Å². The molecule has 2 heterocycles. The lowest BCUT2D eigenvalue weighted by molar-refractivity contribution is 0.00694. The molecule has 0 atom stereocenters. The molecule has 0 aliphatic rings. The quantitative estimate of drug-likeness (QED) is 0.192. The lowest BCUT2D eigenvalue weighted by atomic mass is 10.1. The Morgan fingerprint density at radius 3 is 2.29 bits per heavy atom. The van der Waals surface area contributed by atoms with E-state index in [1.54, 1.807) is 68.3 Å². The van der Waals surface area contributed by atoms with Crippen molar-refractivity contribution in [3.05, 3.63) is 83.4 Å². The van der Waals surface area contributed by atoms with Crippen molar-refractivity contribution < 1.29 is 23.8 Å². The lowest BCUT2D eigenvalue weighted by Gasteiger charge is -2.19. The van der Waals surface area contributed by atoms with E-state index in [9.17, 15) is 9.59 Å². The number of hydrogen-bond donors (Lipinski definition) is 2. The number of hydrogen-bond acceptors (Lipinski definition) is 10. The highest BCUT2D eigenvalue weighted by Gasteiger charge is 2.18. The molecule has 0 spiro atoms. The van der Waals surface area contributed by atoms with Crippen molar-refractivity contribution in [3.63, 3.8) is 0 Å². The zero-order chi connectivity index (χ0) is 29.9. The van der Waals surface area contributed by atoms with Gasteiger partial charge in [0.15, 0.2) is 23.1 Å². The fourth-order valence-electron chi connectivity index (χ4n) is 4.06. The average molecular weight is 584 g/mol. The summed E-state index contributed by atoms with van der Waals surface area (Å²) in [6.07, 6.45) is 0. The molecule has 0 unspecified atom stereocenters. The topological polar surface area (TPSA) is 125 Å². The molecule has 5 rings (SSSR count). The monoisotopic (exact) mass is 583 g/mol. The van der Waals surface area contributed by atoms with E-state index in [4.69, 9.17) is 19.2 Å². The Morgan fingerprint density at radius 1 is 0.833 bits per heavy atom. The zero-order valence-electron chi connectivity index (χ0n) is 23.7. The van der Waals surface area contributed by atoms with Gasteiger partial charge in [0.1, 0.15) is 15.9 Å². The Kier molecular flexibility index (Phi) is 8.03. The molecule has 0 bridgehead atoms. The van der Waals surface area contributed by atoms with Gasteiger partial charge in [-0.3, -0.25) is 4.79 Å². The van der Waals surface area contributed by atoms with Crippen LogP contribution in [0.2, 0.25) is 0 Å². The highest BCUT2D eigenvalue weighted by atomic mass is 32.1. The standard InChI is InChI=1S/C31H29N5O5S/c1-31(2,3)41-30(38)18-9-11-21(12-10-18)34-28(37)20-8-6-7-19(15-20)26-35-27(25-29(36-26)42-17-32-25)33-22-13-14-23(39-4)24(16-22)40-5/h6-17H,1-5H3,(H,34,37)(H,33,35,36). The molecule has 2 aromatic heterocycles. The van der Waals surface area contributed by atoms with Gasteiger partial charge in [-0.25, -0.2) is 19.7 Å². The highest BCUT2D eigenvalue weighted by molar-refractivity contribution is 7.16. The summed E-state index contributed by atoms with van der Waals surface area (Å²) < 4.78 is 16.2. The number of amides is 1. The number of nitrogens with zero attached hydrogens (tertiary/aromatic N) is 3. The number of nitrogens with one attached hydrogen (secondary N) is 2. The summed E-state index contributed by atoms with van der Waals surface area (Å²) in [6.45, 7) is 5.43. The van der Waals surface area contributed by atoms with Gasteiger partial charge < -0.3 is 24.8 Å². The maximum atomic E-state index is 13.1. The minimum atomic E-state index is -0.594. The van der Waals surface area contributed by atoms with Crippen LogP contribution in [-0.4, -0.2) is 46.6 Å². The van der Waals surface area contributed by atoms with Crippen LogP contribution in [0.1, 0.15) is 41.5 Å². The van der Waals surface area contributed by atoms with Crippen molar-refractivity contribution in [3.8, 4) is 22.9 Å². The van der Waals surface area contributed by atoms with Crippen molar-refractivity contribution in [1.29, 1.82) is 0 Å². The molecule has 1 amide bonds. The van der Waals surface area contributed by atoms with Crippen molar-refractivity contribution in [2.24, 2.45) is 0 Å². The highest BCUT2D eigenvalue weighted by Crippen LogP contribution is 2.33. The van der Waals surface area contributed by atoms with Crippen molar-refractivity contribution in [2.75, 3.05) is 24.9 Å². The molecule has 11 heteroatoms. The molecule has 3 aromatic carbocycles. The van der Waals surface area contributed by atoms with E-state index in [1.165, 1.54) is 11.3 Å². The Bertz CT molecular complexity index is 1760. The first kappa shape index (κ1) is 28.5. The van der Waals surface area contributed by atoms with E-state index < -0.39 is 11.6 Å². The predicted octanol–water partition coefficient (Wildman–Crippen LogP) is 6.72. The van der Waals surface area contributed by atoms with E-state index in [-0.39, 0.29) is 5.91 Å². The largest absolute Gasteiger partial charge is 0.493 e. The van der Waals surface area contributed by atoms with Crippen LogP contribution < -0.4 is 20.1 Å². The number of anilines is 3. The molecule has 0 fully saturated rings. The molecule has 0 saturated carbocycles. The van der Waals surface area contributed by atoms with Gasteiger partial charge in [-0.15, -0.1) is 11.3 Å². The molecular weight excluding hydrogens is 554 g/mol. The van der Waals surface area contributed by atoms with Crippen molar-refractivity contribution in [1.82, 2.24) is 15.0 Å². The van der Waals surface area contributed by atoms with E-state index in [0.717, 1.165) is 5.69 Å². The molecule has 42 heavy (non-hydrogen) atoms. The van der Waals surface area contributed by atoms with Gasteiger partial charge in [0.05, 0.1) is 25.3 Å². The third kappa shape index (κ3) is 6.47. The summed E-state index contributed by atoms with van der Waals surface area (Å²) in [6, 6.07) is 19.1. The third-order valence-corrected chi connectivity index (χ3v) is 6.72. The van der Waals surface area contributed by atoms with Crippen LogP contribution in [0.3, 0.4) is 0 Å². The number of ether oxygens (including phenoxy) is 3. The summed E-state index contributed by atoms with van der Waals surface area (Å²) in [5, 5.41) is 6.18. The number of esters is 1. The number of carbonyl (C=O) groups excluding carboxylic acids is 2. The molecule has 0 aliphatic carbocycles. The minimum absolute atomic E-state index is 0.315. The van der Waals surface area contributed by atoms with E-state index in [0.29, 0.717) is 55.9 Å². The number of fused-ring (bicyclic) bond motifs is 1. The Labute approximate surface area is 246 Å². The van der Waals surface area contributed by atoms with Crippen LogP contribution in [0, 0.1) is 0 Å². The molecule has 0 saturated heterocycles. The summed E-state index contributed by atoms with van der Waals surface area (Å²) in [4.78, 5) is 40.0. The number of methoxy groups -OCH3 is 2. The zero-order valence-corrected chi connectivity index (χ0v) is 24.5. The third-order valence-electron chi connectivity index (χ3n) is 6.00. The summed E-state index contributed by atoms with van der Waals surface area (Å²) >= 11 is 1.39. The van der Waals surface area contributed by atoms with Crippen LogP contribution in [0.5, 0.6) is 11.5 Å². The second-order valence-electron chi connectivity index (χ2n) is 10.2. The Hall–Kier alpha value is -5.03. The maximum absolute atomic E-state index is 13.1. The van der Waals surface area contributed by atoms with Gasteiger partial charge in [0, 0.05) is 28.6 Å². The average Bonchev–Trinajstić information content (AvgIpc) is 3.46. The molecule has 10 nitrogen and oxygen atoms in total. The minimum Gasteiger partial charge on any atom is -0.493 e. The Morgan fingerprint density at radius 2 is 1.57 bits per heavy atom. The fraction of sp³-hybridized carbons (Fsp3) is 0.194. The lowest BCUT2D eigenvalue weighted by Crippen LogP contribution is -2.23. The van der Waals surface area contributed by atoms with Gasteiger partial charge in [-0.05, 0) is 69.3 Å². The number of carbonyl (C=O) groups is 2. The number of aromatic nitrogens is 3. The number of thiazole rings is 1. The second-order valence-corrected chi connectivity index (χ2v) is 11.0. The van der Waals surface area contributed by atoms with Gasteiger partial charge in [-0.1, -0.05) is 12.1 Å². The first-order valence-electron chi connectivity index (χ1n) is 13.0. The van der Waals surface area contributed by atoms with Crippen molar-refractivity contribution in [2.45, 2.75) is 26.4 Å². The second kappa shape index (κ2) is 11.8. The molecule has 5 aromatic rings. The van der Waals surface area contributed by atoms with Gasteiger partial charge >= 0.3 is 5.97 Å². The number of rotatable bonds is 8. The van der Waals surface area contributed by atoms with E-state index >= 15 is 0 Å². The van der Waals surface area contributed by atoms with Gasteiger partial charge in [-0.2, -0.15) is 0 Å². The van der Waals surface area contributed by atoms with Gasteiger partial charge in [0.2, 0.25) is 0 Å². The molecule has 2 N–H and O–H groups in total. The summed E-state index contributed by atoms with van der Waals surface area (Å²) in [5.41, 5.74) is 4.50. The predicted molar refractivity (Wildman–Crippen MR) is 163 cm³/mol. The molecule has 0 aliphatic heterocycles. The van der Waals surface area contributed by atoms with Crippen molar-refractivity contribution >= 4 is 50.8 Å². The molecule has 214 valence electrons. The van der Waals surface area contributed by atoms with E-state index in [2.05, 4.69) is 20.6 Å². The molecule has 0 radical (unpaired) electrons. The van der Waals surface area contributed by atoms with Crippen LogP contribution in [0.15, 0.2) is 72.2 Å².